The molecule has 0 fully saturated rings. The van der Waals surface area contributed by atoms with E-state index in [2.05, 4.69) is 44.0 Å². The van der Waals surface area contributed by atoms with Gasteiger partial charge < -0.3 is 4.98 Å². The molecule has 0 aromatic carbocycles. The van der Waals surface area contributed by atoms with Crippen LogP contribution >= 0.6 is 15.9 Å². The van der Waals surface area contributed by atoms with E-state index in [1.165, 1.54) is 0 Å². The number of pyridine rings is 1. The smallest absolute Gasteiger partial charge is 0.304 e. The Hall–Kier alpha value is -1.36. The van der Waals surface area contributed by atoms with E-state index in [4.69, 9.17) is 0 Å². The fourth-order valence-corrected chi connectivity index (χ4v) is 1.23. The van der Waals surface area contributed by atoms with E-state index in [0.29, 0.717) is 11.2 Å². The van der Waals surface area contributed by atoms with Crippen molar-refractivity contribution in [3.63, 3.8) is 0 Å². The third kappa shape index (κ3) is 3.71. The summed E-state index contributed by atoms with van der Waals surface area (Å²) in [5.41, 5.74) is 1.06. The van der Waals surface area contributed by atoms with Crippen molar-refractivity contribution in [3.8, 4) is 0 Å². The third-order valence-corrected chi connectivity index (χ3v) is 1.77. The summed E-state index contributed by atoms with van der Waals surface area (Å²) in [6.07, 6.45) is 1.63. The molecular weight excluding hydrogens is 258 g/mol. The van der Waals surface area contributed by atoms with Crippen LogP contribution in [-0.4, -0.2) is 15.0 Å². The van der Waals surface area contributed by atoms with Crippen LogP contribution in [0.1, 0.15) is 13.8 Å². The number of aromatic amines is 2. The molecule has 0 radical (unpaired) electrons. The van der Waals surface area contributed by atoms with Crippen LogP contribution in [0.5, 0.6) is 0 Å². The molecule has 0 spiro atoms. The molecular formula is C10H14BrN3O. The first kappa shape index (κ1) is 13.6. The van der Waals surface area contributed by atoms with E-state index in [1.54, 1.807) is 12.3 Å². The summed E-state index contributed by atoms with van der Waals surface area (Å²) in [4.78, 5) is 19.8. The summed E-state index contributed by atoms with van der Waals surface area (Å²) in [6.45, 7) is 10.0. The topological polar surface area (TPSA) is 61.5 Å². The molecule has 0 saturated heterocycles. The van der Waals surface area contributed by atoms with Crippen LogP contribution in [0.25, 0.3) is 11.2 Å². The Labute approximate surface area is 96.6 Å². The molecule has 0 bridgehead atoms. The molecule has 0 aliphatic heterocycles. The van der Waals surface area contributed by atoms with E-state index >= 15 is 0 Å². The Morgan fingerprint density at radius 1 is 1.33 bits per heavy atom. The number of imidazole rings is 1. The SMILES string of the molecule is C=C.CC.O=c1[nH]c2cc(Br)cnc2[nH]1. The molecule has 2 N–H and O–H groups in total. The van der Waals surface area contributed by atoms with Gasteiger partial charge in [0.2, 0.25) is 0 Å². The maximum absolute atomic E-state index is 10.7. The summed E-state index contributed by atoms with van der Waals surface area (Å²) in [6, 6.07) is 1.79. The highest BCUT2D eigenvalue weighted by atomic mass is 79.9. The van der Waals surface area contributed by atoms with Crippen molar-refractivity contribution in [2.75, 3.05) is 0 Å². The highest BCUT2D eigenvalue weighted by Gasteiger charge is 1.97. The Bertz CT molecular complexity index is 461. The molecule has 4 nitrogen and oxygen atoms in total. The minimum Gasteiger partial charge on any atom is -0.304 e. The van der Waals surface area contributed by atoms with Crippen LogP contribution in [0.2, 0.25) is 0 Å². The number of halogens is 1. The molecule has 0 aliphatic carbocycles. The summed E-state index contributed by atoms with van der Waals surface area (Å²) >= 11 is 3.24. The predicted molar refractivity (Wildman–Crippen MR) is 67.0 cm³/mol. The van der Waals surface area contributed by atoms with Gasteiger partial charge in [0.1, 0.15) is 0 Å². The lowest BCUT2D eigenvalue weighted by molar-refractivity contribution is 1.20. The monoisotopic (exact) mass is 271 g/mol. The van der Waals surface area contributed by atoms with E-state index in [-0.39, 0.29) is 5.69 Å². The maximum atomic E-state index is 10.7. The van der Waals surface area contributed by atoms with Crippen LogP contribution in [0.15, 0.2) is 34.7 Å². The van der Waals surface area contributed by atoms with Crippen LogP contribution in [-0.2, 0) is 0 Å². The van der Waals surface area contributed by atoms with Gasteiger partial charge >= 0.3 is 5.69 Å². The minimum atomic E-state index is -0.231. The van der Waals surface area contributed by atoms with Crippen LogP contribution < -0.4 is 5.69 Å². The van der Waals surface area contributed by atoms with Gasteiger partial charge in [-0.1, -0.05) is 13.8 Å². The van der Waals surface area contributed by atoms with Gasteiger partial charge in [0, 0.05) is 10.7 Å². The summed E-state index contributed by atoms with van der Waals surface area (Å²) < 4.78 is 0.847. The van der Waals surface area contributed by atoms with E-state index in [1.807, 2.05) is 13.8 Å². The minimum absolute atomic E-state index is 0.231. The second-order valence-corrected chi connectivity index (χ2v) is 3.04. The fraction of sp³-hybridized carbons (Fsp3) is 0.200. The Balaban J connectivity index is 0.000000442. The molecule has 0 aliphatic rings. The van der Waals surface area contributed by atoms with Crippen molar-refractivity contribution in [2.45, 2.75) is 13.8 Å². The number of aromatic nitrogens is 3. The lowest BCUT2D eigenvalue weighted by atomic mass is 10.4. The first-order valence-corrected chi connectivity index (χ1v) is 5.28. The van der Waals surface area contributed by atoms with E-state index in [0.717, 1.165) is 4.47 Å². The average molecular weight is 272 g/mol. The van der Waals surface area contributed by atoms with E-state index < -0.39 is 0 Å². The number of hydrogen-bond donors (Lipinski definition) is 2. The number of H-pyrrole nitrogens is 2. The molecule has 5 heteroatoms. The van der Waals surface area contributed by atoms with Gasteiger partial charge in [0.15, 0.2) is 5.65 Å². The second-order valence-electron chi connectivity index (χ2n) is 2.13. The molecule has 0 unspecified atom stereocenters. The lowest BCUT2D eigenvalue weighted by Crippen LogP contribution is -1.99. The molecule has 82 valence electrons. The Kier molecular flexibility index (Phi) is 6.37. The van der Waals surface area contributed by atoms with Crippen molar-refractivity contribution in [3.05, 3.63) is 40.4 Å². The zero-order chi connectivity index (χ0) is 11.8. The molecule has 2 heterocycles. The molecule has 2 aromatic heterocycles. The molecule has 2 rings (SSSR count). The predicted octanol–water partition coefficient (Wildman–Crippen LogP) is 2.84. The Morgan fingerprint density at radius 2 is 1.93 bits per heavy atom. The van der Waals surface area contributed by atoms with Gasteiger partial charge in [-0.05, 0) is 22.0 Å². The van der Waals surface area contributed by atoms with Crippen molar-refractivity contribution in [2.24, 2.45) is 0 Å². The molecule has 0 atom stereocenters. The normalized spacial score (nSPS) is 8.47. The molecule has 0 saturated carbocycles. The number of nitrogens with one attached hydrogen (secondary N) is 2. The van der Waals surface area contributed by atoms with Crippen LogP contribution in [0.3, 0.4) is 0 Å². The van der Waals surface area contributed by atoms with Gasteiger partial charge in [0.25, 0.3) is 0 Å². The summed E-state index contributed by atoms with van der Waals surface area (Å²) in [5.74, 6) is 0. The van der Waals surface area contributed by atoms with Gasteiger partial charge in [-0.25, -0.2) is 9.78 Å². The third-order valence-electron chi connectivity index (χ3n) is 1.33. The lowest BCUT2D eigenvalue weighted by Gasteiger charge is -1.87. The zero-order valence-corrected chi connectivity index (χ0v) is 10.4. The number of rotatable bonds is 0. The van der Waals surface area contributed by atoms with Crippen molar-refractivity contribution < 1.29 is 0 Å². The Morgan fingerprint density at radius 3 is 2.53 bits per heavy atom. The van der Waals surface area contributed by atoms with Crippen LogP contribution in [0, 0.1) is 0 Å². The highest BCUT2D eigenvalue weighted by molar-refractivity contribution is 9.10. The van der Waals surface area contributed by atoms with E-state index in [9.17, 15) is 4.79 Å². The average Bonchev–Trinajstić information content (AvgIpc) is 2.63. The number of nitrogens with zero attached hydrogens (tertiary/aromatic N) is 1. The van der Waals surface area contributed by atoms with Crippen molar-refractivity contribution in [1.82, 2.24) is 15.0 Å². The largest absolute Gasteiger partial charge is 0.325 e. The van der Waals surface area contributed by atoms with Gasteiger partial charge in [0.05, 0.1) is 5.52 Å². The first-order valence-electron chi connectivity index (χ1n) is 4.49. The summed E-state index contributed by atoms with van der Waals surface area (Å²) in [7, 11) is 0. The highest BCUT2D eigenvalue weighted by Crippen LogP contribution is 2.11. The molecule has 15 heavy (non-hydrogen) atoms. The quantitative estimate of drug-likeness (QED) is 0.724. The van der Waals surface area contributed by atoms with Crippen molar-refractivity contribution in [1.29, 1.82) is 0 Å². The summed E-state index contributed by atoms with van der Waals surface area (Å²) in [5, 5.41) is 0. The fourth-order valence-electron chi connectivity index (χ4n) is 0.895. The first-order chi connectivity index (χ1) is 7.25. The zero-order valence-electron chi connectivity index (χ0n) is 8.80. The molecule has 2 aromatic rings. The standard InChI is InChI=1S/C6H4BrN3O.C2H6.C2H4/c7-3-1-4-5(8-2-3)10-6(11)9-4;2*1-2/h1-2H,(H2,8,9,10,11);1-2H3;1-2H2. The van der Waals surface area contributed by atoms with Crippen molar-refractivity contribution >= 4 is 27.1 Å². The number of fused-ring (bicyclic) bond motifs is 1. The second kappa shape index (κ2) is 7.00. The van der Waals surface area contributed by atoms with Gasteiger partial charge in [-0.15, -0.1) is 13.2 Å². The number of hydrogen-bond acceptors (Lipinski definition) is 2. The molecule has 0 amide bonds. The van der Waals surface area contributed by atoms with Crippen LogP contribution in [0.4, 0.5) is 0 Å². The van der Waals surface area contributed by atoms with Gasteiger partial charge in [-0.2, -0.15) is 0 Å². The van der Waals surface area contributed by atoms with Gasteiger partial charge in [-0.3, -0.25) is 4.98 Å². The maximum Gasteiger partial charge on any atom is 0.325 e.